The SMILES string of the molecule is O=C(NCc1ccc(Cn2cccn2)cc1)c1cccnc1N1CCOCC1. The van der Waals surface area contributed by atoms with Crippen LogP contribution in [0, 0.1) is 0 Å². The van der Waals surface area contributed by atoms with E-state index >= 15 is 0 Å². The van der Waals surface area contributed by atoms with Gasteiger partial charge in [0.2, 0.25) is 0 Å². The van der Waals surface area contributed by atoms with E-state index in [4.69, 9.17) is 4.74 Å². The lowest BCUT2D eigenvalue weighted by Gasteiger charge is -2.29. The summed E-state index contributed by atoms with van der Waals surface area (Å²) in [7, 11) is 0. The summed E-state index contributed by atoms with van der Waals surface area (Å²) in [6, 6.07) is 13.7. The van der Waals surface area contributed by atoms with Gasteiger partial charge in [-0.15, -0.1) is 0 Å². The summed E-state index contributed by atoms with van der Waals surface area (Å²) in [4.78, 5) is 19.3. The largest absolute Gasteiger partial charge is 0.378 e. The molecule has 1 amide bonds. The lowest BCUT2D eigenvalue weighted by Crippen LogP contribution is -2.38. The van der Waals surface area contributed by atoms with Crippen LogP contribution in [0.5, 0.6) is 0 Å². The van der Waals surface area contributed by atoms with Crippen LogP contribution in [0.3, 0.4) is 0 Å². The average Bonchev–Trinajstić information content (AvgIpc) is 3.27. The van der Waals surface area contributed by atoms with Crippen molar-refractivity contribution in [3.8, 4) is 0 Å². The van der Waals surface area contributed by atoms with E-state index in [1.165, 1.54) is 5.56 Å². The van der Waals surface area contributed by atoms with E-state index in [0.29, 0.717) is 25.3 Å². The molecular formula is C21H23N5O2. The first-order chi connectivity index (χ1) is 13.8. The second kappa shape index (κ2) is 8.67. The predicted octanol–water partition coefficient (Wildman–Crippen LogP) is 2.09. The zero-order chi connectivity index (χ0) is 19.2. The Morgan fingerprint density at radius 2 is 1.82 bits per heavy atom. The minimum absolute atomic E-state index is 0.116. The maximum Gasteiger partial charge on any atom is 0.255 e. The molecule has 0 aliphatic carbocycles. The third-order valence-corrected chi connectivity index (χ3v) is 4.72. The van der Waals surface area contributed by atoms with Crippen LogP contribution in [0.15, 0.2) is 61.1 Å². The van der Waals surface area contributed by atoms with Crippen molar-refractivity contribution in [2.75, 3.05) is 31.2 Å². The summed E-state index contributed by atoms with van der Waals surface area (Å²) in [5.74, 6) is 0.605. The normalized spacial score (nSPS) is 14.1. The Kier molecular flexibility index (Phi) is 5.63. The molecule has 1 saturated heterocycles. The predicted molar refractivity (Wildman–Crippen MR) is 106 cm³/mol. The number of anilines is 1. The van der Waals surface area contributed by atoms with E-state index in [1.54, 1.807) is 18.5 Å². The van der Waals surface area contributed by atoms with E-state index in [-0.39, 0.29) is 5.91 Å². The van der Waals surface area contributed by atoms with Crippen LogP contribution in [0.1, 0.15) is 21.5 Å². The van der Waals surface area contributed by atoms with E-state index in [9.17, 15) is 4.79 Å². The van der Waals surface area contributed by atoms with Gasteiger partial charge in [-0.3, -0.25) is 9.48 Å². The number of pyridine rings is 1. The molecule has 3 aromatic rings. The minimum Gasteiger partial charge on any atom is -0.378 e. The van der Waals surface area contributed by atoms with Crippen LogP contribution < -0.4 is 10.2 Å². The fraction of sp³-hybridized carbons (Fsp3) is 0.286. The molecule has 144 valence electrons. The fourth-order valence-electron chi connectivity index (χ4n) is 3.22. The summed E-state index contributed by atoms with van der Waals surface area (Å²) in [6.45, 7) is 4.01. The van der Waals surface area contributed by atoms with Gasteiger partial charge in [0.25, 0.3) is 5.91 Å². The first-order valence-electron chi connectivity index (χ1n) is 9.41. The van der Waals surface area contributed by atoms with Gasteiger partial charge in [-0.2, -0.15) is 5.10 Å². The number of amides is 1. The zero-order valence-electron chi connectivity index (χ0n) is 15.6. The molecule has 0 atom stereocenters. The molecule has 1 fully saturated rings. The van der Waals surface area contributed by atoms with E-state index < -0.39 is 0 Å². The molecule has 1 N–H and O–H groups in total. The lowest BCUT2D eigenvalue weighted by molar-refractivity contribution is 0.0949. The number of aromatic nitrogens is 3. The number of carbonyl (C=O) groups is 1. The van der Waals surface area contributed by atoms with Crippen molar-refractivity contribution in [1.82, 2.24) is 20.1 Å². The highest BCUT2D eigenvalue weighted by Gasteiger charge is 2.19. The highest BCUT2D eigenvalue weighted by molar-refractivity contribution is 5.98. The summed E-state index contributed by atoms with van der Waals surface area (Å²) >= 11 is 0. The lowest BCUT2D eigenvalue weighted by atomic mass is 10.1. The number of hydrogen-bond donors (Lipinski definition) is 1. The molecule has 0 spiro atoms. The number of morpholine rings is 1. The van der Waals surface area contributed by atoms with Gasteiger partial charge in [0, 0.05) is 38.2 Å². The molecule has 4 rings (SSSR count). The number of benzene rings is 1. The Hall–Kier alpha value is -3.19. The van der Waals surface area contributed by atoms with Gasteiger partial charge in [-0.05, 0) is 29.3 Å². The summed E-state index contributed by atoms with van der Waals surface area (Å²) in [5.41, 5.74) is 2.81. The Balaban J connectivity index is 1.38. The maximum absolute atomic E-state index is 12.7. The van der Waals surface area contributed by atoms with Gasteiger partial charge in [-0.25, -0.2) is 4.98 Å². The molecule has 3 heterocycles. The van der Waals surface area contributed by atoms with Crippen LogP contribution in [0.4, 0.5) is 5.82 Å². The number of ether oxygens (including phenoxy) is 1. The van der Waals surface area contributed by atoms with Gasteiger partial charge < -0.3 is 15.0 Å². The maximum atomic E-state index is 12.7. The van der Waals surface area contributed by atoms with Gasteiger partial charge in [0.1, 0.15) is 5.82 Å². The molecule has 2 aromatic heterocycles. The van der Waals surface area contributed by atoms with E-state index in [2.05, 4.69) is 32.4 Å². The van der Waals surface area contributed by atoms with Crippen LogP contribution in [-0.4, -0.2) is 47.0 Å². The summed E-state index contributed by atoms with van der Waals surface area (Å²) in [5, 5.41) is 7.22. The monoisotopic (exact) mass is 377 g/mol. The minimum atomic E-state index is -0.116. The number of rotatable bonds is 6. The highest BCUT2D eigenvalue weighted by atomic mass is 16.5. The van der Waals surface area contributed by atoms with Crippen molar-refractivity contribution in [3.05, 3.63) is 77.7 Å². The quantitative estimate of drug-likeness (QED) is 0.712. The second-order valence-electron chi connectivity index (χ2n) is 6.68. The Morgan fingerprint density at radius 1 is 1.04 bits per heavy atom. The van der Waals surface area contributed by atoms with Gasteiger partial charge in [0.05, 0.1) is 25.3 Å². The fourth-order valence-corrected chi connectivity index (χ4v) is 3.22. The first-order valence-corrected chi connectivity index (χ1v) is 9.41. The standard InChI is InChI=1S/C21H23N5O2/c27-21(19-3-1-8-22-20(19)25-11-13-28-14-12-25)23-15-17-4-6-18(7-5-17)16-26-10-2-9-24-26/h1-10H,11-16H2,(H,23,27). The Labute approximate surface area is 164 Å². The molecule has 7 heteroatoms. The topological polar surface area (TPSA) is 72.3 Å². The molecule has 28 heavy (non-hydrogen) atoms. The van der Waals surface area contributed by atoms with Gasteiger partial charge >= 0.3 is 0 Å². The number of nitrogens with zero attached hydrogens (tertiary/aromatic N) is 4. The highest BCUT2D eigenvalue weighted by Crippen LogP contribution is 2.18. The Bertz CT molecular complexity index is 903. The van der Waals surface area contributed by atoms with Crippen molar-refractivity contribution in [2.45, 2.75) is 13.1 Å². The number of nitrogens with one attached hydrogen (secondary N) is 1. The Morgan fingerprint density at radius 3 is 2.57 bits per heavy atom. The smallest absolute Gasteiger partial charge is 0.255 e. The molecule has 0 unspecified atom stereocenters. The van der Waals surface area contributed by atoms with Crippen molar-refractivity contribution in [2.24, 2.45) is 0 Å². The molecule has 0 radical (unpaired) electrons. The van der Waals surface area contributed by atoms with Crippen LogP contribution >= 0.6 is 0 Å². The molecule has 1 aliphatic heterocycles. The van der Waals surface area contributed by atoms with Gasteiger partial charge in [-0.1, -0.05) is 24.3 Å². The summed E-state index contributed by atoms with van der Waals surface area (Å²) < 4.78 is 7.28. The average molecular weight is 377 g/mol. The third kappa shape index (κ3) is 4.37. The molecule has 0 bridgehead atoms. The number of hydrogen-bond acceptors (Lipinski definition) is 5. The van der Waals surface area contributed by atoms with Crippen molar-refractivity contribution < 1.29 is 9.53 Å². The first kappa shape index (κ1) is 18.2. The van der Waals surface area contributed by atoms with E-state index in [1.807, 2.05) is 35.1 Å². The molecule has 1 aliphatic rings. The van der Waals surface area contributed by atoms with Crippen molar-refractivity contribution >= 4 is 11.7 Å². The van der Waals surface area contributed by atoms with Gasteiger partial charge in [0.15, 0.2) is 0 Å². The molecular weight excluding hydrogens is 354 g/mol. The molecule has 7 nitrogen and oxygen atoms in total. The van der Waals surface area contributed by atoms with Crippen LogP contribution in [0.25, 0.3) is 0 Å². The zero-order valence-corrected chi connectivity index (χ0v) is 15.6. The third-order valence-electron chi connectivity index (χ3n) is 4.72. The summed E-state index contributed by atoms with van der Waals surface area (Å²) in [6.07, 6.45) is 5.43. The van der Waals surface area contributed by atoms with Crippen LogP contribution in [-0.2, 0) is 17.8 Å². The number of carbonyl (C=O) groups excluding carboxylic acids is 1. The second-order valence-corrected chi connectivity index (χ2v) is 6.68. The molecule has 1 aromatic carbocycles. The van der Waals surface area contributed by atoms with E-state index in [0.717, 1.165) is 31.0 Å². The van der Waals surface area contributed by atoms with Crippen molar-refractivity contribution in [1.29, 1.82) is 0 Å². The van der Waals surface area contributed by atoms with Crippen molar-refractivity contribution in [3.63, 3.8) is 0 Å². The molecule has 0 saturated carbocycles. The van der Waals surface area contributed by atoms with Crippen LogP contribution in [0.2, 0.25) is 0 Å².